The molecule has 9 heteroatoms. The zero-order valence-electron chi connectivity index (χ0n) is 18.1. The lowest BCUT2D eigenvalue weighted by atomic mass is 10.1. The van der Waals surface area contributed by atoms with Gasteiger partial charge in [-0.15, -0.1) is 10.2 Å². The molecule has 1 aliphatic rings. The van der Waals surface area contributed by atoms with Gasteiger partial charge in [-0.05, 0) is 36.2 Å². The average molecular weight is 453 g/mol. The number of anilines is 2. The molecule has 0 aliphatic carbocycles. The molecule has 1 atom stereocenters. The number of para-hydroxylation sites is 1. The highest BCUT2D eigenvalue weighted by atomic mass is 32.1. The van der Waals surface area contributed by atoms with Crippen LogP contribution in [0, 0.1) is 0 Å². The molecule has 0 bridgehead atoms. The molecule has 2 aromatic carbocycles. The molecule has 166 valence electrons. The highest BCUT2D eigenvalue weighted by molar-refractivity contribution is 7.15. The van der Waals surface area contributed by atoms with Crippen LogP contribution in [-0.4, -0.2) is 42.8 Å². The van der Waals surface area contributed by atoms with Crippen LogP contribution in [0.2, 0.25) is 0 Å². The van der Waals surface area contributed by atoms with Gasteiger partial charge in [0, 0.05) is 30.1 Å². The van der Waals surface area contributed by atoms with Crippen LogP contribution in [0.3, 0.4) is 0 Å². The molecule has 0 unspecified atom stereocenters. The zero-order valence-corrected chi connectivity index (χ0v) is 18.9. The number of benzene rings is 2. The molecule has 1 fully saturated rings. The van der Waals surface area contributed by atoms with Crippen molar-refractivity contribution in [1.82, 2.24) is 10.2 Å². The van der Waals surface area contributed by atoms with Gasteiger partial charge in [-0.1, -0.05) is 36.5 Å². The Morgan fingerprint density at radius 3 is 2.69 bits per heavy atom. The predicted octanol–water partition coefficient (Wildman–Crippen LogP) is 3.89. The summed E-state index contributed by atoms with van der Waals surface area (Å²) in [5, 5.41) is 12.2. The minimum atomic E-state index is -0.324. The number of methoxy groups -OCH3 is 2. The summed E-state index contributed by atoms with van der Waals surface area (Å²) in [5.74, 6) is 0.700. The molecule has 3 aromatic rings. The lowest BCUT2D eigenvalue weighted by Crippen LogP contribution is -2.25. The predicted molar refractivity (Wildman–Crippen MR) is 123 cm³/mol. The first-order chi connectivity index (χ1) is 15.5. The number of amides is 2. The summed E-state index contributed by atoms with van der Waals surface area (Å²) >= 11 is 1.29. The van der Waals surface area contributed by atoms with Crippen LogP contribution in [0.5, 0.6) is 11.5 Å². The SMILES string of the molecule is CCc1ccccc1N1C[C@@H](c2nnc(NC(=O)c3ccc(OC)c(OC)c3)s2)CC1=O. The normalized spacial score (nSPS) is 15.7. The van der Waals surface area contributed by atoms with Gasteiger partial charge in [-0.25, -0.2) is 0 Å². The van der Waals surface area contributed by atoms with E-state index in [-0.39, 0.29) is 17.7 Å². The molecular weight excluding hydrogens is 428 g/mol. The van der Waals surface area contributed by atoms with E-state index >= 15 is 0 Å². The fraction of sp³-hybridized carbons (Fsp3) is 0.304. The first-order valence-electron chi connectivity index (χ1n) is 10.3. The van der Waals surface area contributed by atoms with Crippen molar-refractivity contribution in [2.75, 3.05) is 31.0 Å². The van der Waals surface area contributed by atoms with E-state index in [1.807, 2.05) is 29.2 Å². The Labute approximate surface area is 190 Å². The lowest BCUT2D eigenvalue weighted by Gasteiger charge is -2.19. The van der Waals surface area contributed by atoms with Crippen LogP contribution in [0.1, 0.15) is 40.2 Å². The largest absolute Gasteiger partial charge is 0.493 e. The molecule has 0 spiro atoms. The van der Waals surface area contributed by atoms with E-state index in [0.29, 0.717) is 35.2 Å². The number of aryl methyl sites for hydroxylation is 1. The second kappa shape index (κ2) is 9.35. The summed E-state index contributed by atoms with van der Waals surface area (Å²) in [7, 11) is 3.05. The number of carbonyl (C=O) groups excluding carboxylic acids is 2. The van der Waals surface area contributed by atoms with Crippen LogP contribution in [-0.2, 0) is 11.2 Å². The second-order valence-corrected chi connectivity index (χ2v) is 8.37. The van der Waals surface area contributed by atoms with Crippen LogP contribution >= 0.6 is 11.3 Å². The zero-order chi connectivity index (χ0) is 22.7. The minimum Gasteiger partial charge on any atom is -0.493 e. The molecule has 0 radical (unpaired) electrons. The standard InChI is InChI=1S/C23H24N4O4S/c1-4-14-7-5-6-8-17(14)27-13-16(12-20(27)28)22-25-26-23(32-22)24-21(29)15-9-10-18(30-2)19(11-15)31-3/h5-11,16H,4,12-13H2,1-3H3,(H,24,26,29)/t16-/m0/s1. The number of nitrogens with zero attached hydrogens (tertiary/aromatic N) is 3. The molecule has 2 heterocycles. The minimum absolute atomic E-state index is 0.0587. The van der Waals surface area contributed by atoms with Crippen molar-refractivity contribution in [3.8, 4) is 11.5 Å². The fourth-order valence-corrected chi connectivity index (χ4v) is 4.61. The topological polar surface area (TPSA) is 93.7 Å². The molecule has 0 saturated carbocycles. The molecule has 2 amide bonds. The van der Waals surface area contributed by atoms with Crippen LogP contribution < -0.4 is 19.7 Å². The highest BCUT2D eigenvalue weighted by Crippen LogP contribution is 2.36. The van der Waals surface area contributed by atoms with Gasteiger partial charge in [0.25, 0.3) is 5.91 Å². The summed E-state index contributed by atoms with van der Waals surface area (Å²) in [5.41, 5.74) is 2.51. The number of rotatable bonds is 7. The Hall–Kier alpha value is -3.46. The first-order valence-corrected chi connectivity index (χ1v) is 11.1. The molecule has 1 aromatic heterocycles. The van der Waals surface area contributed by atoms with Gasteiger partial charge < -0.3 is 14.4 Å². The number of nitrogens with one attached hydrogen (secondary N) is 1. The van der Waals surface area contributed by atoms with Crippen molar-refractivity contribution in [2.24, 2.45) is 0 Å². The van der Waals surface area contributed by atoms with Crippen molar-refractivity contribution in [1.29, 1.82) is 0 Å². The van der Waals surface area contributed by atoms with Gasteiger partial charge in [-0.3, -0.25) is 14.9 Å². The van der Waals surface area contributed by atoms with E-state index in [4.69, 9.17) is 9.47 Å². The molecule has 1 aliphatic heterocycles. The molecule has 4 rings (SSSR count). The number of ether oxygens (including phenoxy) is 2. The average Bonchev–Trinajstić information content (AvgIpc) is 3.44. The van der Waals surface area contributed by atoms with E-state index < -0.39 is 0 Å². The van der Waals surface area contributed by atoms with Crippen LogP contribution in [0.15, 0.2) is 42.5 Å². The number of hydrogen-bond acceptors (Lipinski definition) is 7. The molecular formula is C23H24N4O4S. The third-order valence-electron chi connectivity index (χ3n) is 5.44. The highest BCUT2D eigenvalue weighted by Gasteiger charge is 2.34. The summed E-state index contributed by atoms with van der Waals surface area (Å²) in [6.07, 6.45) is 1.23. The van der Waals surface area contributed by atoms with Crippen LogP contribution in [0.25, 0.3) is 0 Å². The van der Waals surface area contributed by atoms with Crippen molar-refractivity contribution in [3.05, 3.63) is 58.6 Å². The lowest BCUT2D eigenvalue weighted by molar-refractivity contribution is -0.117. The van der Waals surface area contributed by atoms with Gasteiger partial charge in [0.1, 0.15) is 5.01 Å². The Morgan fingerprint density at radius 2 is 1.94 bits per heavy atom. The monoisotopic (exact) mass is 452 g/mol. The number of carbonyl (C=O) groups is 2. The maximum atomic E-state index is 12.7. The second-order valence-electron chi connectivity index (χ2n) is 7.36. The van der Waals surface area contributed by atoms with Crippen molar-refractivity contribution < 1.29 is 19.1 Å². The van der Waals surface area contributed by atoms with E-state index in [1.165, 1.54) is 25.6 Å². The summed E-state index contributed by atoms with van der Waals surface area (Å²) in [6.45, 7) is 2.63. The molecule has 32 heavy (non-hydrogen) atoms. The Kier molecular flexibility index (Phi) is 6.36. The maximum absolute atomic E-state index is 12.7. The van der Waals surface area contributed by atoms with E-state index in [9.17, 15) is 9.59 Å². The van der Waals surface area contributed by atoms with Gasteiger partial charge in [0.15, 0.2) is 11.5 Å². The summed E-state index contributed by atoms with van der Waals surface area (Å²) < 4.78 is 10.5. The molecule has 1 saturated heterocycles. The van der Waals surface area contributed by atoms with E-state index in [2.05, 4.69) is 22.4 Å². The van der Waals surface area contributed by atoms with Crippen molar-refractivity contribution in [3.63, 3.8) is 0 Å². The van der Waals surface area contributed by atoms with Crippen molar-refractivity contribution >= 4 is 34.0 Å². The third-order valence-corrected chi connectivity index (χ3v) is 6.45. The fourth-order valence-electron chi connectivity index (χ4n) is 3.78. The first kappa shape index (κ1) is 21.8. The quantitative estimate of drug-likeness (QED) is 0.585. The summed E-state index contributed by atoms with van der Waals surface area (Å²) in [6, 6.07) is 12.9. The Morgan fingerprint density at radius 1 is 1.16 bits per heavy atom. The van der Waals surface area contributed by atoms with Gasteiger partial charge in [-0.2, -0.15) is 0 Å². The van der Waals surface area contributed by atoms with E-state index in [0.717, 1.165) is 22.7 Å². The third kappa shape index (κ3) is 4.29. The van der Waals surface area contributed by atoms with Gasteiger partial charge >= 0.3 is 0 Å². The van der Waals surface area contributed by atoms with Crippen LogP contribution in [0.4, 0.5) is 10.8 Å². The number of hydrogen-bond donors (Lipinski definition) is 1. The maximum Gasteiger partial charge on any atom is 0.257 e. The number of aromatic nitrogens is 2. The molecule has 1 N–H and O–H groups in total. The van der Waals surface area contributed by atoms with Gasteiger partial charge in [0.2, 0.25) is 11.0 Å². The smallest absolute Gasteiger partial charge is 0.257 e. The summed E-state index contributed by atoms with van der Waals surface area (Å²) in [4.78, 5) is 27.2. The van der Waals surface area contributed by atoms with Gasteiger partial charge in [0.05, 0.1) is 14.2 Å². The molecule has 8 nitrogen and oxygen atoms in total. The Bertz CT molecular complexity index is 1150. The van der Waals surface area contributed by atoms with Crippen molar-refractivity contribution in [2.45, 2.75) is 25.7 Å². The Balaban J connectivity index is 1.46. The van der Waals surface area contributed by atoms with E-state index in [1.54, 1.807) is 18.2 Å².